The molecule has 1 aromatic heterocycles. The van der Waals surface area contributed by atoms with Gasteiger partial charge in [0.15, 0.2) is 11.4 Å². The maximum atomic E-state index is 13.9. The summed E-state index contributed by atoms with van der Waals surface area (Å²) in [5, 5.41) is 11.8. The molecular weight excluding hydrogens is 504 g/mol. The average Bonchev–Trinajstić information content (AvgIpc) is 2.89. The van der Waals surface area contributed by atoms with E-state index in [1.807, 2.05) is 6.92 Å². The Morgan fingerprint density at radius 3 is 2.45 bits per heavy atom. The predicted octanol–water partition coefficient (Wildman–Crippen LogP) is 2.34. The van der Waals surface area contributed by atoms with Crippen molar-refractivity contribution in [2.24, 2.45) is 0 Å². The molecule has 0 aliphatic carbocycles. The topological polar surface area (TPSA) is 118 Å². The van der Waals surface area contributed by atoms with Gasteiger partial charge in [0.05, 0.1) is 6.61 Å². The Morgan fingerprint density at radius 2 is 1.79 bits per heavy atom. The van der Waals surface area contributed by atoms with Crippen molar-refractivity contribution in [2.45, 2.75) is 13.5 Å². The van der Waals surface area contributed by atoms with Gasteiger partial charge in [-0.25, -0.2) is 23.3 Å². The van der Waals surface area contributed by atoms with Gasteiger partial charge in [-0.05, 0) is 31.2 Å². The number of hydrogen-bond acceptors (Lipinski definition) is 7. The van der Waals surface area contributed by atoms with E-state index < -0.39 is 58.5 Å². The zero-order valence-corrected chi connectivity index (χ0v) is 20.4. The van der Waals surface area contributed by atoms with Crippen LogP contribution in [-0.4, -0.2) is 59.4 Å². The van der Waals surface area contributed by atoms with Crippen molar-refractivity contribution in [1.29, 1.82) is 0 Å². The highest BCUT2D eigenvalue weighted by molar-refractivity contribution is 6.05. The van der Waals surface area contributed by atoms with E-state index in [0.29, 0.717) is 6.07 Å². The molecule has 0 bridgehead atoms. The molecule has 0 fully saturated rings. The normalized spacial score (nSPS) is 12.9. The van der Waals surface area contributed by atoms with E-state index >= 15 is 0 Å². The van der Waals surface area contributed by atoms with E-state index in [1.54, 1.807) is 24.3 Å². The molecule has 2 heterocycles. The number of nitrogens with zero attached hydrogens (tertiary/aromatic N) is 3. The van der Waals surface area contributed by atoms with Gasteiger partial charge < -0.3 is 19.5 Å². The van der Waals surface area contributed by atoms with Crippen LogP contribution in [0, 0.1) is 18.6 Å². The van der Waals surface area contributed by atoms with E-state index in [2.05, 4.69) is 0 Å². The van der Waals surface area contributed by atoms with Crippen LogP contribution in [0.15, 0.2) is 53.5 Å². The van der Waals surface area contributed by atoms with Gasteiger partial charge in [0.2, 0.25) is 5.43 Å². The van der Waals surface area contributed by atoms with Gasteiger partial charge in [0.1, 0.15) is 30.5 Å². The van der Waals surface area contributed by atoms with E-state index in [0.717, 1.165) is 33.6 Å². The maximum absolute atomic E-state index is 13.9. The SMILES string of the molecule is COCCN1CN(C(=O)c2ccc(C)cc2)n2cc(C(=O)OCc3ccc(F)cc3F)c(=O)c(O)c2C1=O. The highest BCUT2D eigenvalue weighted by atomic mass is 19.1. The van der Waals surface area contributed by atoms with Gasteiger partial charge in [-0.1, -0.05) is 17.7 Å². The Morgan fingerprint density at radius 1 is 1.08 bits per heavy atom. The Labute approximate surface area is 215 Å². The van der Waals surface area contributed by atoms with Crippen molar-refractivity contribution in [3.8, 4) is 5.75 Å². The Hall–Kier alpha value is -4.58. The minimum absolute atomic E-state index is 0.0493. The van der Waals surface area contributed by atoms with Crippen molar-refractivity contribution < 1.29 is 37.7 Å². The third-order valence-electron chi connectivity index (χ3n) is 5.91. The lowest BCUT2D eigenvalue weighted by Crippen LogP contribution is -2.57. The molecule has 2 aromatic carbocycles. The molecule has 4 rings (SSSR count). The molecule has 0 unspecified atom stereocenters. The van der Waals surface area contributed by atoms with Crippen LogP contribution < -0.4 is 10.4 Å². The zero-order chi connectivity index (χ0) is 27.6. The van der Waals surface area contributed by atoms with Crippen LogP contribution in [0.3, 0.4) is 0 Å². The number of carbonyl (C=O) groups excluding carboxylic acids is 3. The number of amides is 2. The minimum Gasteiger partial charge on any atom is -0.502 e. The summed E-state index contributed by atoms with van der Waals surface area (Å²) < 4.78 is 38.1. The summed E-state index contributed by atoms with van der Waals surface area (Å²) >= 11 is 0. The molecule has 0 saturated heterocycles. The number of ether oxygens (including phenoxy) is 2. The van der Waals surface area contributed by atoms with E-state index in [4.69, 9.17) is 9.47 Å². The van der Waals surface area contributed by atoms with Gasteiger partial charge >= 0.3 is 5.97 Å². The van der Waals surface area contributed by atoms with Crippen molar-refractivity contribution in [3.63, 3.8) is 0 Å². The zero-order valence-electron chi connectivity index (χ0n) is 20.4. The van der Waals surface area contributed by atoms with Crippen molar-refractivity contribution in [2.75, 3.05) is 31.9 Å². The number of benzene rings is 2. The third kappa shape index (κ3) is 5.11. The second-order valence-electron chi connectivity index (χ2n) is 8.50. The van der Waals surface area contributed by atoms with Crippen LogP contribution in [0.2, 0.25) is 0 Å². The number of fused-ring (bicyclic) bond motifs is 1. The van der Waals surface area contributed by atoms with Crippen molar-refractivity contribution >= 4 is 17.8 Å². The molecule has 0 atom stereocenters. The first-order valence-electron chi connectivity index (χ1n) is 11.4. The highest BCUT2D eigenvalue weighted by Crippen LogP contribution is 2.23. The first-order chi connectivity index (χ1) is 18.1. The number of aromatic hydroxyl groups is 1. The van der Waals surface area contributed by atoms with Gasteiger partial charge in [-0.15, -0.1) is 0 Å². The van der Waals surface area contributed by atoms with Crippen LogP contribution in [0.1, 0.15) is 42.3 Å². The molecule has 1 aliphatic rings. The number of hydrogen-bond donors (Lipinski definition) is 1. The lowest BCUT2D eigenvalue weighted by molar-refractivity contribution is 0.0460. The fourth-order valence-corrected chi connectivity index (χ4v) is 3.81. The summed E-state index contributed by atoms with van der Waals surface area (Å²) in [6.45, 7) is 1.09. The monoisotopic (exact) mass is 527 g/mol. The minimum atomic E-state index is -1.25. The molecule has 0 radical (unpaired) electrons. The van der Waals surface area contributed by atoms with Crippen LogP contribution in [0.25, 0.3) is 0 Å². The van der Waals surface area contributed by atoms with Crippen LogP contribution >= 0.6 is 0 Å². The van der Waals surface area contributed by atoms with Gasteiger partial charge in [-0.2, -0.15) is 0 Å². The van der Waals surface area contributed by atoms with E-state index in [-0.39, 0.29) is 30.9 Å². The number of esters is 1. The van der Waals surface area contributed by atoms with Gasteiger partial charge in [-0.3, -0.25) is 14.4 Å². The van der Waals surface area contributed by atoms with Crippen molar-refractivity contribution in [1.82, 2.24) is 9.58 Å². The summed E-state index contributed by atoms with van der Waals surface area (Å²) in [5.74, 6) is -5.45. The van der Waals surface area contributed by atoms with Crippen LogP contribution in [0.5, 0.6) is 5.75 Å². The van der Waals surface area contributed by atoms with Gasteiger partial charge in [0, 0.05) is 37.0 Å². The molecule has 2 amide bonds. The van der Waals surface area contributed by atoms with Crippen molar-refractivity contribution in [3.05, 3.63) is 98.5 Å². The molecule has 10 nitrogen and oxygen atoms in total. The molecule has 0 saturated carbocycles. The molecule has 3 aromatic rings. The number of rotatable bonds is 7. The second kappa shape index (κ2) is 10.8. The van der Waals surface area contributed by atoms with Gasteiger partial charge in [0.25, 0.3) is 11.8 Å². The highest BCUT2D eigenvalue weighted by Gasteiger charge is 2.37. The first-order valence-corrected chi connectivity index (χ1v) is 11.4. The molecule has 12 heteroatoms. The summed E-state index contributed by atoms with van der Waals surface area (Å²) in [5.41, 5.74) is -1.45. The maximum Gasteiger partial charge on any atom is 0.344 e. The van der Waals surface area contributed by atoms with E-state index in [9.17, 15) is 33.1 Å². The average molecular weight is 527 g/mol. The van der Waals surface area contributed by atoms with Crippen LogP contribution in [-0.2, 0) is 16.1 Å². The van der Waals surface area contributed by atoms with Crippen LogP contribution in [0.4, 0.5) is 8.78 Å². The van der Waals surface area contributed by atoms with E-state index in [1.165, 1.54) is 12.0 Å². The number of carbonyl (C=O) groups is 3. The number of halogens is 2. The Bertz CT molecular complexity index is 1470. The molecule has 0 spiro atoms. The molecule has 1 aliphatic heterocycles. The number of aryl methyl sites for hydroxylation is 1. The fraction of sp³-hybridized carbons (Fsp3) is 0.231. The standard InChI is InChI=1S/C26H23F2N3O7/c1-15-3-5-16(6-4-15)24(34)31-14-29(9-10-37-2)25(35)21-23(33)22(32)19(12-30(21)31)26(36)38-13-17-7-8-18(27)11-20(17)28/h3-8,11-12,33H,9-10,13-14H2,1-2H3. The summed E-state index contributed by atoms with van der Waals surface area (Å²) in [6, 6.07) is 9.23. The third-order valence-corrected chi connectivity index (χ3v) is 5.91. The Balaban J connectivity index is 1.74. The molecule has 38 heavy (non-hydrogen) atoms. The lowest BCUT2D eigenvalue weighted by Gasteiger charge is -2.38. The number of methoxy groups -OCH3 is 1. The summed E-state index contributed by atoms with van der Waals surface area (Å²) in [7, 11) is 1.43. The predicted molar refractivity (Wildman–Crippen MR) is 129 cm³/mol. The quantitative estimate of drug-likeness (QED) is 0.469. The summed E-state index contributed by atoms with van der Waals surface area (Å²) in [6.07, 6.45) is 0.915. The lowest BCUT2D eigenvalue weighted by atomic mass is 10.1. The first kappa shape index (κ1) is 26.5. The fourth-order valence-electron chi connectivity index (χ4n) is 3.81. The molecular formula is C26H23F2N3O7. The second-order valence-corrected chi connectivity index (χ2v) is 8.50. The Kier molecular flexibility index (Phi) is 7.53. The number of aromatic nitrogens is 1. The molecule has 1 N–H and O–H groups in total. The largest absolute Gasteiger partial charge is 0.502 e. The molecule has 198 valence electrons. The summed E-state index contributed by atoms with van der Waals surface area (Å²) in [4.78, 5) is 53.4. The smallest absolute Gasteiger partial charge is 0.344 e. The number of pyridine rings is 1.